The summed E-state index contributed by atoms with van der Waals surface area (Å²) >= 11 is 0. The van der Waals surface area contributed by atoms with Crippen LogP contribution in [0.5, 0.6) is 0 Å². The Morgan fingerprint density at radius 2 is 1.83 bits per heavy atom. The summed E-state index contributed by atoms with van der Waals surface area (Å²) in [5, 5.41) is 19.9. The Kier molecular flexibility index (Phi) is 3.99. The zero-order valence-electron chi connectivity index (χ0n) is 13.2. The van der Waals surface area contributed by atoms with E-state index in [4.69, 9.17) is 5.11 Å². The number of nitrogens with zero attached hydrogens (tertiary/aromatic N) is 3. The van der Waals surface area contributed by atoms with Gasteiger partial charge < -0.3 is 10.4 Å². The number of rotatable bonds is 4. The first-order valence-corrected chi connectivity index (χ1v) is 7.45. The second-order valence-electron chi connectivity index (χ2n) is 5.66. The van der Waals surface area contributed by atoms with E-state index in [1.807, 2.05) is 20.0 Å². The average Bonchev–Trinajstić information content (AvgIpc) is 2.99. The van der Waals surface area contributed by atoms with Crippen LogP contribution in [-0.2, 0) is 0 Å². The van der Waals surface area contributed by atoms with E-state index in [1.54, 1.807) is 28.7 Å². The van der Waals surface area contributed by atoms with Gasteiger partial charge in [0.2, 0.25) is 0 Å². The summed E-state index contributed by atoms with van der Waals surface area (Å²) in [6, 6.07) is 9.41. The van der Waals surface area contributed by atoms with E-state index in [1.165, 1.54) is 12.1 Å². The van der Waals surface area contributed by atoms with Crippen molar-refractivity contribution < 1.29 is 14.7 Å². The van der Waals surface area contributed by atoms with E-state index in [-0.39, 0.29) is 17.4 Å². The van der Waals surface area contributed by atoms with Gasteiger partial charge in [-0.25, -0.2) is 4.79 Å². The number of anilines is 1. The zero-order chi connectivity index (χ0) is 17.3. The molecule has 0 radical (unpaired) electrons. The molecule has 0 fully saturated rings. The maximum atomic E-state index is 12.5. The molecule has 0 atom stereocenters. The number of pyridine rings is 1. The molecule has 3 aromatic rings. The third-order valence-corrected chi connectivity index (χ3v) is 3.61. The molecule has 2 aromatic heterocycles. The lowest BCUT2D eigenvalue weighted by molar-refractivity contribution is 0.0696. The topological polar surface area (TPSA) is 96.6 Å². The highest BCUT2D eigenvalue weighted by atomic mass is 16.4. The largest absolute Gasteiger partial charge is 0.478 e. The summed E-state index contributed by atoms with van der Waals surface area (Å²) in [6.07, 6.45) is 1.82. The van der Waals surface area contributed by atoms with Crippen LogP contribution < -0.4 is 5.32 Å². The van der Waals surface area contributed by atoms with Crippen molar-refractivity contribution in [3.8, 4) is 0 Å². The van der Waals surface area contributed by atoms with Crippen LogP contribution in [-0.4, -0.2) is 31.6 Å². The van der Waals surface area contributed by atoms with Gasteiger partial charge in [0, 0.05) is 17.8 Å². The Morgan fingerprint density at radius 3 is 2.46 bits per heavy atom. The van der Waals surface area contributed by atoms with Crippen LogP contribution >= 0.6 is 0 Å². The SMILES string of the molecule is CC(C)c1nnc2c(C(=O)Nc3ccc(C(=O)O)cc3)cccn12. The Morgan fingerprint density at radius 1 is 1.12 bits per heavy atom. The molecule has 0 aliphatic heterocycles. The molecule has 24 heavy (non-hydrogen) atoms. The Hall–Kier alpha value is -3.22. The van der Waals surface area contributed by atoms with Crippen LogP contribution in [0.4, 0.5) is 5.69 Å². The van der Waals surface area contributed by atoms with Gasteiger partial charge in [-0.1, -0.05) is 13.8 Å². The Balaban J connectivity index is 1.90. The maximum absolute atomic E-state index is 12.5. The summed E-state index contributed by atoms with van der Waals surface area (Å²) in [4.78, 5) is 23.4. The minimum Gasteiger partial charge on any atom is -0.478 e. The highest BCUT2D eigenvalue weighted by Gasteiger charge is 2.16. The standard InChI is InChI=1S/C17H16N4O3/c1-10(2)14-19-20-15-13(4-3-9-21(14)15)16(22)18-12-7-5-11(6-8-12)17(23)24/h3-10H,1-2H3,(H,18,22)(H,23,24). The van der Waals surface area contributed by atoms with Gasteiger partial charge in [0.05, 0.1) is 11.1 Å². The molecule has 2 N–H and O–H groups in total. The number of nitrogens with one attached hydrogen (secondary N) is 1. The number of fused-ring (bicyclic) bond motifs is 1. The molecule has 0 spiro atoms. The highest BCUT2D eigenvalue weighted by Crippen LogP contribution is 2.18. The molecular weight excluding hydrogens is 308 g/mol. The first kappa shape index (κ1) is 15.7. The van der Waals surface area contributed by atoms with Crippen molar-refractivity contribution in [1.82, 2.24) is 14.6 Å². The number of carbonyl (C=O) groups excluding carboxylic acids is 1. The molecule has 0 aliphatic rings. The number of carboxylic acids is 1. The smallest absolute Gasteiger partial charge is 0.335 e. The maximum Gasteiger partial charge on any atom is 0.335 e. The summed E-state index contributed by atoms with van der Waals surface area (Å²) < 4.78 is 1.80. The monoisotopic (exact) mass is 324 g/mol. The first-order chi connectivity index (χ1) is 11.5. The highest BCUT2D eigenvalue weighted by molar-refractivity contribution is 6.08. The van der Waals surface area contributed by atoms with Gasteiger partial charge in [0.1, 0.15) is 5.82 Å². The van der Waals surface area contributed by atoms with Crippen molar-refractivity contribution in [1.29, 1.82) is 0 Å². The molecular formula is C17H16N4O3. The summed E-state index contributed by atoms with van der Waals surface area (Å²) in [5.74, 6) is -0.374. The van der Waals surface area contributed by atoms with Gasteiger partial charge in [0.25, 0.3) is 5.91 Å². The molecule has 0 bridgehead atoms. The fraction of sp³-hybridized carbons (Fsp3) is 0.176. The fourth-order valence-corrected chi connectivity index (χ4v) is 2.40. The van der Waals surface area contributed by atoms with Gasteiger partial charge in [-0.3, -0.25) is 9.20 Å². The van der Waals surface area contributed by atoms with E-state index >= 15 is 0 Å². The lowest BCUT2D eigenvalue weighted by atomic mass is 10.2. The van der Waals surface area contributed by atoms with Crippen molar-refractivity contribution in [3.05, 3.63) is 59.5 Å². The van der Waals surface area contributed by atoms with Crippen molar-refractivity contribution in [2.24, 2.45) is 0 Å². The molecule has 2 heterocycles. The number of aromatic nitrogens is 3. The Labute approximate surface area is 138 Å². The normalized spacial score (nSPS) is 11.0. The second kappa shape index (κ2) is 6.11. The minimum atomic E-state index is -1.01. The van der Waals surface area contributed by atoms with Crippen LogP contribution in [0.2, 0.25) is 0 Å². The predicted octanol–water partition coefficient (Wildman–Crippen LogP) is 2.80. The molecule has 122 valence electrons. The summed E-state index contributed by atoms with van der Waals surface area (Å²) in [5.41, 5.74) is 1.56. The van der Waals surface area contributed by atoms with Crippen LogP contribution in [0.3, 0.4) is 0 Å². The van der Waals surface area contributed by atoms with Crippen LogP contribution in [0.25, 0.3) is 5.65 Å². The van der Waals surface area contributed by atoms with Gasteiger partial charge >= 0.3 is 5.97 Å². The van der Waals surface area contributed by atoms with Gasteiger partial charge in [0.15, 0.2) is 5.65 Å². The molecule has 7 heteroatoms. The van der Waals surface area contributed by atoms with Gasteiger partial charge in [-0.05, 0) is 36.4 Å². The minimum absolute atomic E-state index is 0.161. The van der Waals surface area contributed by atoms with E-state index in [9.17, 15) is 9.59 Å². The van der Waals surface area contributed by atoms with E-state index in [2.05, 4.69) is 15.5 Å². The van der Waals surface area contributed by atoms with Crippen LogP contribution in [0.15, 0.2) is 42.6 Å². The van der Waals surface area contributed by atoms with Gasteiger partial charge in [-0.15, -0.1) is 10.2 Å². The van der Waals surface area contributed by atoms with Gasteiger partial charge in [-0.2, -0.15) is 0 Å². The lowest BCUT2D eigenvalue weighted by Crippen LogP contribution is -2.13. The average molecular weight is 324 g/mol. The van der Waals surface area contributed by atoms with E-state index in [0.29, 0.717) is 16.9 Å². The van der Waals surface area contributed by atoms with Crippen LogP contribution in [0, 0.1) is 0 Å². The number of aromatic carboxylic acids is 1. The van der Waals surface area contributed by atoms with Crippen molar-refractivity contribution in [2.45, 2.75) is 19.8 Å². The third-order valence-electron chi connectivity index (χ3n) is 3.61. The molecule has 0 saturated carbocycles. The summed E-state index contributed by atoms with van der Waals surface area (Å²) in [6.45, 7) is 4.01. The number of amides is 1. The summed E-state index contributed by atoms with van der Waals surface area (Å²) in [7, 11) is 0. The number of carboxylic acid groups (broad SMARTS) is 1. The fourth-order valence-electron chi connectivity index (χ4n) is 2.40. The third kappa shape index (κ3) is 2.83. The van der Waals surface area contributed by atoms with Crippen molar-refractivity contribution in [2.75, 3.05) is 5.32 Å². The first-order valence-electron chi connectivity index (χ1n) is 7.45. The molecule has 3 rings (SSSR count). The molecule has 0 unspecified atom stereocenters. The number of benzene rings is 1. The molecule has 0 saturated heterocycles. The predicted molar refractivity (Wildman–Crippen MR) is 88.4 cm³/mol. The molecule has 0 aliphatic carbocycles. The number of hydrogen-bond acceptors (Lipinski definition) is 4. The molecule has 1 amide bonds. The lowest BCUT2D eigenvalue weighted by Gasteiger charge is -2.07. The van der Waals surface area contributed by atoms with E-state index in [0.717, 1.165) is 5.82 Å². The van der Waals surface area contributed by atoms with Crippen LogP contribution in [0.1, 0.15) is 46.3 Å². The van der Waals surface area contributed by atoms with E-state index < -0.39 is 5.97 Å². The van der Waals surface area contributed by atoms with Crippen molar-refractivity contribution >= 4 is 23.2 Å². The molecule has 1 aromatic carbocycles. The molecule has 7 nitrogen and oxygen atoms in total. The number of hydrogen-bond donors (Lipinski definition) is 2. The second-order valence-corrected chi connectivity index (χ2v) is 5.66. The number of carbonyl (C=O) groups is 2. The Bertz CT molecular complexity index is 913. The van der Waals surface area contributed by atoms with Crippen molar-refractivity contribution in [3.63, 3.8) is 0 Å². The zero-order valence-corrected chi connectivity index (χ0v) is 13.2. The quantitative estimate of drug-likeness (QED) is 0.769.